The molecule has 3 saturated carbocycles. The first-order valence-corrected chi connectivity index (χ1v) is 30.4. The second-order valence-electron chi connectivity index (χ2n) is 22.1. The van der Waals surface area contributed by atoms with Crippen LogP contribution in [0.5, 0.6) is 0 Å². The van der Waals surface area contributed by atoms with E-state index in [0.29, 0.717) is 51.5 Å². The number of carbonyl (C=O) groups is 3. The maximum absolute atomic E-state index is 13.1. The van der Waals surface area contributed by atoms with Gasteiger partial charge in [0.05, 0.1) is 51.4 Å². The molecule has 0 bridgehead atoms. The number of rotatable bonds is 21. The van der Waals surface area contributed by atoms with E-state index in [1.807, 2.05) is 0 Å². The molecule has 30 heteroatoms. The van der Waals surface area contributed by atoms with Gasteiger partial charge < -0.3 is 30.5 Å². The predicted octanol–water partition coefficient (Wildman–Crippen LogP) is 11.2. The Morgan fingerprint density at radius 3 is 0.935 bits per heavy atom. The molecule has 6 heterocycles. The van der Waals surface area contributed by atoms with E-state index in [-0.39, 0.29) is 86.8 Å². The lowest BCUT2D eigenvalue weighted by Gasteiger charge is -2.11. The maximum Gasteiger partial charge on any atom is 0.282 e. The SMILES string of the molecule is CC(C)O/N=C(/CNC(=O)c1cn(C)nc1C(F)F)c1ncc(C#CC2CC2)cc1Cl.CC(C)O/N=C(\CNC(=O)c1cn(C)nc1C(F)F)c1ncc(C#CC2CC2)cc1Cl.CC(C)ON=C(CNC(=O)c1cn(C)nc1C(F)F)c1ncc(C#CC2CC2)cc1Cl. The predicted molar refractivity (Wildman–Crippen MR) is 336 cm³/mol. The van der Waals surface area contributed by atoms with Gasteiger partial charge in [0, 0.05) is 92.8 Å². The molecule has 0 unspecified atom stereocenters. The van der Waals surface area contributed by atoms with Crippen molar-refractivity contribution in [2.45, 2.75) is 118 Å². The molecule has 3 fully saturated rings. The number of halogens is 9. The molecule has 6 aromatic heterocycles. The summed E-state index contributed by atoms with van der Waals surface area (Å²) >= 11 is 19.1. The Morgan fingerprint density at radius 2 is 0.731 bits per heavy atom. The summed E-state index contributed by atoms with van der Waals surface area (Å²) in [6.07, 6.45) is 5.77. The fraction of sp³-hybridized carbons (Fsp3) is 0.429. The number of carbonyl (C=O) groups excluding carboxylic acids is 3. The van der Waals surface area contributed by atoms with Crippen molar-refractivity contribution in [2.75, 3.05) is 19.6 Å². The number of hydrogen-bond donors (Lipinski definition) is 3. The van der Waals surface area contributed by atoms with E-state index in [4.69, 9.17) is 49.3 Å². The maximum atomic E-state index is 13.1. The van der Waals surface area contributed by atoms with Crippen LogP contribution in [0.15, 0.2) is 70.8 Å². The summed E-state index contributed by atoms with van der Waals surface area (Å²) in [7, 11) is 4.39. The summed E-state index contributed by atoms with van der Waals surface area (Å²) in [5.41, 5.74) is 1.25. The lowest BCUT2D eigenvalue weighted by Crippen LogP contribution is -2.31. The molecule has 21 nitrogen and oxygen atoms in total. The molecule has 3 aliphatic carbocycles. The van der Waals surface area contributed by atoms with Gasteiger partial charge in [0.2, 0.25) is 0 Å². The van der Waals surface area contributed by atoms with Gasteiger partial charge in [0.15, 0.2) is 0 Å². The average Bonchev–Trinajstić information content (AvgIpc) is 2.06. The highest BCUT2D eigenvalue weighted by molar-refractivity contribution is 6.35. The second kappa shape index (κ2) is 33.6. The Hall–Kier alpha value is -8.97. The number of aromatic nitrogens is 9. The number of hydrogen-bond acceptors (Lipinski definition) is 15. The molecule has 0 aliphatic heterocycles. The molecule has 93 heavy (non-hydrogen) atoms. The topological polar surface area (TPSA) is 244 Å². The van der Waals surface area contributed by atoms with Crippen LogP contribution in [-0.4, -0.2) is 117 Å². The first-order chi connectivity index (χ1) is 44.2. The molecule has 3 N–H and O–H groups in total. The van der Waals surface area contributed by atoms with Gasteiger partial charge in [-0.15, -0.1) is 0 Å². The van der Waals surface area contributed by atoms with Crippen LogP contribution in [0, 0.1) is 53.3 Å². The number of pyridine rings is 3. The first-order valence-electron chi connectivity index (χ1n) is 29.2. The van der Waals surface area contributed by atoms with Crippen molar-refractivity contribution in [1.29, 1.82) is 0 Å². The van der Waals surface area contributed by atoms with Gasteiger partial charge >= 0.3 is 0 Å². The van der Waals surface area contributed by atoms with E-state index in [1.165, 1.54) is 39.7 Å². The molecule has 0 spiro atoms. The highest BCUT2D eigenvalue weighted by Crippen LogP contribution is 2.30. The summed E-state index contributed by atoms with van der Waals surface area (Å²) in [6, 6.07) is 5.01. The van der Waals surface area contributed by atoms with Crippen LogP contribution in [0.4, 0.5) is 26.3 Å². The highest BCUT2D eigenvalue weighted by Gasteiger charge is 2.28. The Morgan fingerprint density at radius 1 is 0.484 bits per heavy atom. The van der Waals surface area contributed by atoms with Crippen molar-refractivity contribution in [2.24, 2.45) is 54.4 Å². The van der Waals surface area contributed by atoms with Crippen molar-refractivity contribution in [3.63, 3.8) is 0 Å². The summed E-state index contributed by atoms with van der Waals surface area (Å²) in [6.45, 7) is 10.3. The van der Waals surface area contributed by atoms with Crippen LogP contribution in [-0.2, 0) is 35.7 Å². The Balaban J connectivity index is 0.000000198. The Labute approximate surface area is 547 Å². The lowest BCUT2D eigenvalue weighted by molar-refractivity contribution is 0.0850. The van der Waals surface area contributed by atoms with Gasteiger partial charge in [0.1, 0.15) is 69.6 Å². The second-order valence-corrected chi connectivity index (χ2v) is 23.3. The normalized spacial score (nSPS) is 13.9. The third kappa shape index (κ3) is 22.4. The standard InChI is InChI=1S/3C21H22ClF2N5O2/c3*1-12(2)31-28-17(10-26-21(30)15-11-29(3)27-18(15)20(23)24)19-16(22)8-14(9-25-19)7-6-13-4-5-13/h3*8-9,11-13,20H,4-5,10H2,1-3H3,(H,26,30)/b28-17+;28-17-;. The van der Waals surface area contributed by atoms with E-state index < -0.39 is 54.1 Å². The largest absolute Gasteiger partial charge is 0.393 e. The quantitative estimate of drug-likeness (QED) is 0.0264. The molecule has 0 saturated heterocycles. The summed E-state index contributed by atoms with van der Waals surface area (Å²) in [4.78, 5) is 66.4. The zero-order chi connectivity index (χ0) is 67.6. The van der Waals surface area contributed by atoms with E-state index in [0.717, 1.165) is 52.6 Å². The van der Waals surface area contributed by atoms with Crippen LogP contribution in [0.2, 0.25) is 15.1 Å². The molecular formula is C63H66Cl3F6N15O6. The van der Waals surface area contributed by atoms with E-state index in [2.05, 4.69) is 97.2 Å². The first kappa shape index (κ1) is 71.5. The molecule has 0 atom stereocenters. The Bertz CT molecular complexity index is 3550. The third-order valence-electron chi connectivity index (χ3n) is 12.6. The number of oxime groups is 3. The fourth-order valence-electron chi connectivity index (χ4n) is 7.68. The van der Waals surface area contributed by atoms with Crippen LogP contribution in [0.3, 0.4) is 0 Å². The molecule has 9 rings (SSSR count). The average molecular weight is 1350 g/mol. The summed E-state index contributed by atoms with van der Waals surface area (Å²) in [5.74, 6) is 17.7. The van der Waals surface area contributed by atoms with Gasteiger partial charge in [-0.2, -0.15) is 15.3 Å². The minimum Gasteiger partial charge on any atom is -0.393 e. The zero-order valence-electron chi connectivity index (χ0n) is 52.0. The fourth-order valence-corrected chi connectivity index (χ4v) is 8.51. The van der Waals surface area contributed by atoms with Crippen LogP contribution >= 0.6 is 34.8 Å². The summed E-state index contributed by atoms with van der Waals surface area (Å²) < 4.78 is 82.3. The molecule has 492 valence electrons. The number of nitrogens with one attached hydrogen (secondary N) is 3. The molecule has 0 radical (unpaired) electrons. The molecular weight excluding hydrogens is 1280 g/mol. The van der Waals surface area contributed by atoms with Gasteiger partial charge in [-0.25, -0.2) is 26.3 Å². The highest BCUT2D eigenvalue weighted by atomic mass is 35.5. The van der Waals surface area contributed by atoms with Crippen molar-refractivity contribution in [1.82, 2.24) is 60.2 Å². The van der Waals surface area contributed by atoms with Gasteiger partial charge in [-0.05, 0) is 98.3 Å². The van der Waals surface area contributed by atoms with Gasteiger partial charge in [0.25, 0.3) is 37.0 Å². The lowest BCUT2D eigenvalue weighted by atomic mass is 10.2. The number of aryl methyl sites for hydroxylation is 3. The zero-order valence-corrected chi connectivity index (χ0v) is 54.2. The number of nitrogens with zero attached hydrogens (tertiary/aromatic N) is 12. The molecule has 3 amide bonds. The van der Waals surface area contributed by atoms with Crippen molar-refractivity contribution >= 4 is 69.7 Å². The molecule has 0 aromatic carbocycles. The van der Waals surface area contributed by atoms with E-state index in [9.17, 15) is 40.7 Å². The molecule has 3 aliphatic rings. The van der Waals surface area contributed by atoms with Gasteiger partial charge in [-0.3, -0.25) is 43.4 Å². The monoisotopic (exact) mass is 1350 g/mol. The number of alkyl halides is 6. The minimum absolute atomic E-state index is 0.136. The van der Waals surface area contributed by atoms with E-state index >= 15 is 0 Å². The third-order valence-corrected chi connectivity index (χ3v) is 13.5. The summed E-state index contributed by atoms with van der Waals surface area (Å²) in [5, 5.41) is 31.6. The van der Waals surface area contributed by atoms with Gasteiger partial charge in [-0.1, -0.05) is 85.8 Å². The van der Waals surface area contributed by atoms with E-state index in [1.54, 1.807) is 78.3 Å². The van der Waals surface area contributed by atoms with Crippen LogP contribution < -0.4 is 16.0 Å². The smallest absolute Gasteiger partial charge is 0.282 e. The van der Waals surface area contributed by atoms with Crippen molar-refractivity contribution < 1.29 is 55.2 Å². The van der Waals surface area contributed by atoms with Crippen molar-refractivity contribution in [3.8, 4) is 35.5 Å². The molecule has 6 aromatic rings. The van der Waals surface area contributed by atoms with Crippen LogP contribution in [0.1, 0.15) is 181 Å². The number of amides is 3. The Kier molecular flexibility index (Phi) is 25.8. The van der Waals surface area contributed by atoms with Crippen molar-refractivity contribution in [3.05, 3.63) is 138 Å². The van der Waals surface area contributed by atoms with Crippen LogP contribution in [0.25, 0.3) is 0 Å². The minimum atomic E-state index is -2.88.